The van der Waals surface area contributed by atoms with Gasteiger partial charge in [-0.1, -0.05) is 22.6 Å². The smallest absolute Gasteiger partial charge is 0.0252 e. The molecule has 0 unspecified atom stereocenters. The van der Waals surface area contributed by atoms with Gasteiger partial charge in [-0.15, -0.1) is 0 Å². The van der Waals surface area contributed by atoms with Crippen molar-refractivity contribution in [1.82, 2.24) is 0 Å². The lowest BCUT2D eigenvalue weighted by atomic mass is 9.90. The third kappa shape index (κ3) is 1.76. The van der Waals surface area contributed by atoms with Gasteiger partial charge in [0.05, 0.1) is 0 Å². The molecule has 1 aromatic carbocycles. The van der Waals surface area contributed by atoms with Crippen LogP contribution in [0.1, 0.15) is 33.4 Å². The van der Waals surface area contributed by atoms with Crippen LogP contribution in [0, 0.1) is 34.6 Å². The second-order valence-electron chi connectivity index (χ2n) is 3.74. The van der Waals surface area contributed by atoms with Crippen molar-refractivity contribution in [3.8, 4) is 0 Å². The molecule has 0 atom stereocenters. The van der Waals surface area contributed by atoms with E-state index >= 15 is 0 Å². The summed E-state index contributed by atoms with van der Waals surface area (Å²) >= 11 is 2.45. The van der Waals surface area contributed by atoms with E-state index in [0.29, 0.717) is 0 Å². The minimum absolute atomic E-state index is 1.12. The van der Waals surface area contributed by atoms with Gasteiger partial charge in [-0.05, 0) is 68.0 Å². The monoisotopic (exact) mass is 288 g/mol. The van der Waals surface area contributed by atoms with Crippen LogP contribution >= 0.6 is 22.6 Å². The first-order valence-corrected chi connectivity index (χ1v) is 6.15. The zero-order valence-electron chi connectivity index (χ0n) is 9.09. The van der Waals surface area contributed by atoms with E-state index in [1.807, 2.05) is 0 Å². The maximum atomic E-state index is 2.45. The predicted molar refractivity (Wildman–Crippen MR) is 67.9 cm³/mol. The molecular weight excluding hydrogens is 271 g/mol. The van der Waals surface area contributed by atoms with E-state index in [4.69, 9.17) is 0 Å². The van der Waals surface area contributed by atoms with Crippen LogP contribution in [0.15, 0.2) is 0 Å². The molecule has 1 heteroatoms. The maximum Gasteiger partial charge on any atom is 0.0252 e. The molecule has 72 valence electrons. The lowest BCUT2D eigenvalue weighted by Gasteiger charge is -2.16. The topological polar surface area (TPSA) is 0 Å². The summed E-state index contributed by atoms with van der Waals surface area (Å²) in [5.74, 6) is 0. The molecular formula is C12H17I. The molecule has 0 aliphatic heterocycles. The molecule has 0 fully saturated rings. The summed E-state index contributed by atoms with van der Waals surface area (Å²) in [5, 5.41) is 0. The molecule has 0 nitrogen and oxygen atoms in total. The Kier molecular flexibility index (Phi) is 3.38. The van der Waals surface area contributed by atoms with Gasteiger partial charge in [-0.25, -0.2) is 0 Å². The molecule has 0 radical (unpaired) electrons. The summed E-state index contributed by atoms with van der Waals surface area (Å²) in [6.07, 6.45) is 0. The van der Waals surface area contributed by atoms with Crippen molar-refractivity contribution in [2.45, 2.75) is 39.0 Å². The number of rotatable bonds is 1. The third-order valence-electron chi connectivity index (χ3n) is 3.29. The molecule has 0 bridgehead atoms. The average molecular weight is 288 g/mol. The fourth-order valence-corrected chi connectivity index (χ4v) is 2.92. The Morgan fingerprint density at radius 2 is 1.00 bits per heavy atom. The second-order valence-corrected chi connectivity index (χ2v) is 4.50. The van der Waals surface area contributed by atoms with Gasteiger partial charge >= 0.3 is 0 Å². The van der Waals surface area contributed by atoms with Crippen molar-refractivity contribution >= 4 is 22.6 Å². The zero-order chi connectivity index (χ0) is 10.2. The maximum absolute atomic E-state index is 2.45. The largest absolute Gasteiger partial charge is 0.0812 e. The number of halogens is 1. The van der Waals surface area contributed by atoms with Crippen molar-refractivity contribution in [3.05, 3.63) is 33.4 Å². The highest BCUT2D eigenvalue weighted by atomic mass is 127. The Morgan fingerprint density at radius 1 is 0.692 bits per heavy atom. The van der Waals surface area contributed by atoms with Crippen LogP contribution in [0.25, 0.3) is 0 Å². The Bertz CT molecular complexity index is 308. The van der Waals surface area contributed by atoms with Gasteiger partial charge in [0.2, 0.25) is 0 Å². The first kappa shape index (κ1) is 11.0. The molecule has 1 rings (SSSR count). The molecule has 0 heterocycles. The van der Waals surface area contributed by atoms with Gasteiger partial charge in [0.1, 0.15) is 0 Å². The number of hydrogen-bond acceptors (Lipinski definition) is 0. The van der Waals surface area contributed by atoms with Crippen LogP contribution in [0.3, 0.4) is 0 Å². The summed E-state index contributed by atoms with van der Waals surface area (Å²) in [6.45, 7) is 11.2. The standard InChI is InChI=1S/C12H17I/c1-7-8(2)10(4)12(6-13)11(5)9(7)3/h6H2,1-5H3. The summed E-state index contributed by atoms with van der Waals surface area (Å²) < 4.78 is 1.12. The van der Waals surface area contributed by atoms with Gasteiger partial charge < -0.3 is 0 Å². The minimum atomic E-state index is 1.12. The number of benzene rings is 1. The highest BCUT2D eigenvalue weighted by molar-refractivity contribution is 14.1. The highest BCUT2D eigenvalue weighted by Crippen LogP contribution is 2.27. The van der Waals surface area contributed by atoms with Crippen LogP contribution in [0.4, 0.5) is 0 Å². The number of hydrogen-bond donors (Lipinski definition) is 0. The van der Waals surface area contributed by atoms with E-state index in [-0.39, 0.29) is 0 Å². The Labute approximate surface area is 94.9 Å². The molecule has 13 heavy (non-hydrogen) atoms. The van der Waals surface area contributed by atoms with Gasteiger partial charge in [-0.3, -0.25) is 0 Å². The van der Waals surface area contributed by atoms with Gasteiger partial charge in [0.15, 0.2) is 0 Å². The lowest BCUT2D eigenvalue weighted by molar-refractivity contribution is 1.13. The van der Waals surface area contributed by atoms with Crippen molar-refractivity contribution in [1.29, 1.82) is 0 Å². The molecule has 0 spiro atoms. The zero-order valence-corrected chi connectivity index (χ0v) is 11.2. The van der Waals surface area contributed by atoms with E-state index < -0.39 is 0 Å². The minimum Gasteiger partial charge on any atom is -0.0812 e. The quantitative estimate of drug-likeness (QED) is 0.537. The first-order valence-electron chi connectivity index (χ1n) is 4.62. The SMILES string of the molecule is Cc1c(C)c(C)c(CI)c(C)c1C. The number of alkyl halides is 1. The fourth-order valence-electron chi connectivity index (χ4n) is 1.78. The Hall–Kier alpha value is -0.0500. The van der Waals surface area contributed by atoms with Crippen molar-refractivity contribution in [2.75, 3.05) is 0 Å². The van der Waals surface area contributed by atoms with E-state index in [2.05, 4.69) is 57.2 Å². The third-order valence-corrected chi connectivity index (χ3v) is 4.05. The van der Waals surface area contributed by atoms with Crippen molar-refractivity contribution < 1.29 is 0 Å². The molecule has 1 aromatic rings. The summed E-state index contributed by atoms with van der Waals surface area (Å²) in [7, 11) is 0. The molecule has 0 aliphatic rings. The van der Waals surface area contributed by atoms with E-state index in [1.54, 1.807) is 0 Å². The summed E-state index contributed by atoms with van der Waals surface area (Å²) in [5.41, 5.74) is 8.89. The van der Waals surface area contributed by atoms with E-state index in [0.717, 1.165) is 4.43 Å². The molecule has 0 amide bonds. The van der Waals surface area contributed by atoms with E-state index in [9.17, 15) is 0 Å². The second kappa shape index (κ2) is 3.99. The molecule has 0 saturated heterocycles. The van der Waals surface area contributed by atoms with Crippen molar-refractivity contribution in [2.24, 2.45) is 0 Å². The molecule has 0 aromatic heterocycles. The van der Waals surface area contributed by atoms with Crippen LogP contribution < -0.4 is 0 Å². The normalized spacial score (nSPS) is 10.6. The molecule has 0 saturated carbocycles. The van der Waals surface area contributed by atoms with Crippen LogP contribution in [0.2, 0.25) is 0 Å². The Balaban J connectivity index is 3.56. The van der Waals surface area contributed by atoms with Gasteiger partial charge in [0.25, 0.3) is 0 Å². The molecule has 0 N–H and O–H groups in total. The predicted octanol–water partition coefficient (Wildman–Crippen LogP) is 4.16. The van der Waals surface area contributed by atoms with Crippen LogP contribution in [-0.2, 0) is 4.43 Å². The summed E-state index contributed by atoms with van der Waals surface area (Å²) in [6, 6.07) is 0. The van der Waals surface area contributed by atoms with Gasteiger partial charge in [0, 0.05) is 4.43 Å². The van der Waals surface area contributed by atoms with Crippen LogP contribution in [0.5, 0.6) is 0 Å². The Morgan fingerprint density at radius 3 is 1.31 bits per heavy atom. The van der Waals surface area contributed by atoms with Crippen molar-refractivity contribution in [3.63, 3.8) is 0 Å². The lowest BCUT2D eigenvalue weighted by Crippen LogP contribution is -2.00. The molecule has 0 aliphatic carbocycles. The fraction of sp³-hybridized carbons (Fsp3) is 0.500. The van der Waals surface area contributed by atoms with Crippen LogP contribution in [-0.4, -0.2) is 0 Å². The highest BCUT2D eigenvalue weighted by Gasteiger charge is 2.10. The van der Waals surface area contributed by atoms with Gasteiger partial charge in [-0.2, -0.15) is 0 Å². The first-order chi connectivity index (χ1) is 6.00. The average Bonchev–Trinajstić information content (AvgIpc) is 2.13. The van der Waals surface area contributed by atoms with E-state index in [1.165, 1.54) is 33.4 Å². The summed E-state index contributed by atoms with van der Waals surface area (Å²) in [4.78, 5) is 0.